The van der Waals surface area contributed by atoms with Crippen LogP contribution in [-0.2, 0) is 4.74 Å². The predicted octanol–water partition coefficient (Wildman–Crippen LogP) is 3.37. The zero-order valence-corrected chi connectivity index (χ0v) is 16.6. The van der Waals surface area contributed by atoms with Crippen LogP contribution in [0.5, 0.6) is 0 Å². The lowest BCUT2D eigenvalue weighted by molar-refractivity contribution is -0.282. The Hall–Kier alpha value is -2.64. The van der Waals surface area contributed by atoms with Gasteiger partial charge in [-0.3, -0.25) is 0 Å². The Morgan fingerprint density at radius 3 is 1.26 bits per heavy atom. The Morgan fingerprint density at radius 1 is 0.741 bits per heavy atom. The molecule has 0 aliphatic carbocycles. The van der Waals surface area contributed by atoms with Crippen LogP contribution in [0.1, 0.15) is 13.8 Å². The van der Waals surface area contributed by atoms with E-state index in [-0.39, 0.29) is 6.61 Å². The highest BCUT2D eigenvalue weighted by Crippen LogP contribution is 2.54. The first-order chi connectivity index (χ1) is 13.1. The number of hydrogen-bond acceptors (Lipinski definition) is 3. The molecule has 4 heteroatoms. The second-order valence-corrected chi connectivity index (χ2v) is 9.62. The van der Waals surface area contributed by atoms with Crippen LogP contribution in [0, 0.1) is 0 Å². The molecule has 3 rings (SSSR count). The van der Waals surface area contributed by atoms with Crippen LogP contribution in [0.4, 0.5) is 4.79 Å². The zero-order chi connectivity index (χ0) is 19.5. The van der Waals surface area contributed by atoms with Gasteiger partial charge >= 0.3 is 0 Å². The summed E-state index contributed by atoms with van der Waals surface area (Å²) in [5, 5.41) is 13.7. The second kappa shape index (κ2) is 10.5. The van der Waals surface area contributed by atoms with E-state index in [1.54, 1.807) is 6.92 Å². The molecule has 0 saturated carbocycles. The normalized spacial score (nSPS) is 10.4. The van der Waals surface area contributed by atoms with Gasteiger partial charge in [-0.2, -0.15) is 0 Å². The van der Waals surface area contributed by atoms with E-state index < -0.39 is 13.4 Å². The van der Waals surface area contributed by atoms with Crippen molar-refractivity contribution in [3.05, 3.63) is 91.0 Å². The van der Waals surface area contributed by atoms with Crippen molar-refractivity contribution < 1.29 is 14.6 Å². The van der Waals surface area contributed by atoms with Crippen molar-refractivity contribution in [2.75, 3.05) is 12.8 Å². The first-order valence-electron chi connectivity index (χ1n) is 9.03. The van der Waals surface area contributed by atoms with Gasteiger partial charge in [0.1, 0.15) is 23.2 Å². The number of carboxylic acid groups (broad SMARTS) is 1. The molecule has 3 aromatic rings. The lowest BCUT2D eigenvalue weighted by Crippen LogP contribution is -2.32. The van der Waals surface area contributed by atoms with Crippen LogP contribution in [-0.4, -0.2) is 18.9 Å². The van der Waals surface area contributed by atoms with E-state index in [1.165, 1.54) is 15.9 Å². The molecule has 0 bridgehead atoms. The quantitative estimate of drug-likeness (QED) is 0.504. The Morgan fingerprint density at radius 2 is 1.07 bits per heavy atom. The third-order valence-corrected chi connectivity index (χ3v) is 8.82. The summed E-state index contributed by atoms with van der Waals surface area (Å²) in [6.45, 7) is 4.07. The van der Waals surface area contributed by atoms with E-state index in [4.69, 9.17) is 0 Å². The van der Waals surface area contributed by atoms with Crippen LogP contribution in [0.15, 0.2) is 91.0 Å². The van der Waals surface area contributed by atoms with E-state index in [1.807, 2.05) is 0 Å². The number of rotatable bonds is 5. The summed E-state index contributed by atoms with van der Waals surface area (Å²) in [7, 11) is -1.53. The molecular weight excluding hydrogens is 355 g/mol. The molecule has 0 amide bonds. The van der Waals surface area contributed by atoms with Gasteiger partial charge in [-0.1, -0.05) is 54.6 Å². The van der Waals surface area contributed by atoms with Gasteiger partial charge in [0.2, 0.25) is 0 Å². The van der Waals surface area contributed by atoms with E-state index in [0.717, 1.165) is 6.16 Å². The molecule has 0 aliphatic rings. The topological polar surface area (TPSA) is 49.4 Å². The standard InChI is InChI=1S/C20H20P.C3H6O3/c1-2-21(18-12-6-3-7-13-18,19-14-8-4-9-15-19)20-16-10-5-11-17-20;1-2-6-3(4)5/h3-17H,2H2,1H3;2H2,1H3,(H,4,5)/q+1;/p-1. The lowest BCUT2D eigenvalue weighted by Gasteiger charge is -2.26. The Balaban J connectivity index is 0.000000380. The van der Waals surface area contributed by atoms with E-state index in [2.05, 4.69) is 103 Å². The number of benzene rings is 3. The second-order valence-electron chi connectivity index (χ2n) is 5.82. The highest BCUT2D eigenvalue weighted by Gasteiger charge is 2.43. The highest BCUT2D eigenvalue weighted by atomic mass is 31.2. The molecule has 0 unspecified atom stereocenters. The van der Waals surface area contributed by atoms with Crippen LogP contribution in [0.3, 0.4) is 0 Å². The molecular formula is C23H25O3P. The van der Waals surface area contributed by atoms with Crippen molar-refractivity contribution in [1.29, 1.82) is 0 Å². The minimum Gasteiger partial charge on any atom is -0.550 e. The molecule has 0 aromatic heterocycles. The summed E-state index contributed by atoms with van der Waals surface area (Å²) in [5.74, 6) is 0. The van der Waals surface area contributed by atoms with E-state index >= 15 is 0 Å². The van der Waals surface area contributed by atoms with Crippen LogP contribution < -0.4 is 21.0 Å². The van der Waals surface area contributed by atoms with Gasteiger partial charge in [0.15, 0.2) is 0 Å². The number of carbonyl (C=O) groups is 1. The molecule has 3 nitrogen and oxygen atoms in total. The fourth-order valence-electron chi connectivity index (χ4n) is 3.16. The van der Waals surface area contributed by atoms with Crippen LogP contribution in [0.2, 0.25) is 0 Å². The largest absolute Gasteiger partial charge is 0.550 e. The molecule has 0 fully saturated rings. The van der Waals surface area contributed by atoms with Crippen molar-refractivity contribution in [1.82, 2.24) is 0 Å². The van der Waals surface area contributed by atoms with Crippen LogP contribution in [0.25, 0.3) is 0 Å². The highest BCUT2D eigenvalue weighted by molar-refractivity contribution is 7.95. The first kappa shape index (κ1) is 20.7. The molecule has 0 spiro atoms. The van der Waals surface area contributed by atoms with Crippen molar-refractivity contribution in [2.24, 2.45) is 0 Å². The molecule has 0 atom stereocenters. The number of hydrogen-bond donors (Lipinski definition) is 0. The maximum Gasteiger partial charge on any atom is 0.251 e. The fourth-order valence-corrected chi connectivity index (χ4v) is 7.19. The van der Waals surface area contributed by atoms with Crippen molar-refractivity contribution in [3.8, 4) is 0 Å². The summed E-state index contributed by atoms with van der Waals surface area (Å²) in [6.07, 6.45) is -0.317. The molecule has 140 valence electrons. The third-order valence-electron chi connectivity index (χ3n) is 4.33. The monoisotopic (exact) mass is 380 g/mol. The Labute approximate surface area is 162 Å². The van der Waals surface area contributed by atoms with Crippen molar-refractivity contribution >= 4 is 29.3 Å². The zero-order valence-electron chi connectivity index (χ0n) is 15.7. The average molecular weight is 380 g/mol. The maximum atomic E-state index is 9.27. The molecule has 3 aromatic carbocycles. The van der Waals surface area contributed by atoms with Gasteiger partial charge in [0.25, 0.3) is 6.16 Å². The summed E-state index contributed by atoms with van der Waals surface area (Å²) < 4.78 is 3.85. The average Bonchev–Trinajstić information content (AvgIpc) is 2.72. The number of carbonyl (C=O) groups excluding carboxylic acids is 1. The Bertz CT molecular complexity index is 708. The number of ether oxygens (including phenoxy) is 1. The van der Waals surface area contributed by atoms with Gasteiger partial charge in [-0.05, 0) is 50.2 Å². The fraction of sp³-hybridized carbons (Fsp3) is 0.174. The summed E-state index contributed by atoms with van der Waals surface area (Å²) >= 11 is 0. The van der Waals surface area contributed by atoms with Crippen molar-refractivity contribution in [3.63, 3.8) is 0 Å². The van der Waals surface area contributed by atoms with E-state index in [9.17, 15) is 9.90 Å². The Kier molecular flexibility index (Phi) is 8.03. The summed E-state index contributed by atoms with van der Waals surface area (Å²) in [5.41, 5.74) is 0. The molecule has 0 aliphatic heterocycles. The molecule has 0 N–H and O–H groups in total. The SMILES string of the molecule is CCOC(=O)[O-].CC[P+](c1ccccc1)(c1ccccc1)c1ccccc1. The van der Waals surface area contributed by atoms with Gasteiger partial charge in [0.05, 0.1) is 6.16 Å². The smallest absolute Gasteiger partial charge is 0.251 e. The van der Waals surface area contributed by atoms with Gasteiger partial charge in [-0.15, -0.1) is 0 Å². The maximum absolute atomic E-state index is 9.27. The van der Waals surface area contributed by atoms with Gasteiger partial charge in [-0.25, -0.2) is 0 Å². The van der Waals surface area contributed by atoms with Gasteiger partial charge in [0, 0.05) is 6.61 Å². The van der Waals surface area contributed by atoms with Gasteiger partial charge < -0.3 is 14.6 Å². The molecule has 0 radical (unpaired) electrons. The minimum absolute atomic E-state index is 0.169. The van der Waals surface area contributed by atoms with Crippen molar-refractivity contribution in [2.45, 2.75) is 13.8 Å². The first-order valence-corrected chi connectivity index (χ1v) is 11.0. The van der Waals surface area contributed by atoms with E-state index in [0.29, 0.717) is 0 Å². The molecule has 0 saturated heterocycles. The molecule has 27 heavy (non-hydrogen) atoms. The van der Waals surface area contributed by atoms with Crippen LogP contribution >= 0.6 is 7.26 Å². The molecule has 0 heterocycles. The minimum atomic E-state index is -1.53. The predicted molar refractivity (Wildman–Crippen MR) is 113 cm³/mol. The lowest BCUT2D eigenvalue weighted by atomic mass is 10.4. The summed E-state index contributed by atoms with van der Waals surface area (Å²) in [4.78, 5) is 9.27. The summed E-state index contributed by atoms with van der Waals surface area (Å²) in [6, 6.07) is 33.0. The third kappa shape index (κ3) is 5.18.